The van der Waals surface area contributed by atoms with Crippen LogP contribution >= 0.6 is 0 Å². The molecule has 104 valence electrons. The highest BCUT2D eigenvalue weighted by atomic mass is 16.3. The number of pyridine rings is 1. The SMILES string of the molecule is CNC(=O)C1CCCCN1c1ncccc1[C@H](C)O. The van der Waals surface area contributed by atoms with E-state index in [1.807, 2.05) is 17.0 Å². The minimum atomic E-state index is -0.587. The summed E-state index contributed by atoms with van der Waals surface area (Å²) in [5.74, 6) is 0.743. The van der Waals surface area contributed by atoms with Crippen molar-refractivity contribution < 1.29 is 9.90 Å². The molecule has 0 spiro atoms. The number of nitrogens with zero attached hydrogens (tertiary/aromatic N) is 2. The van der Waals surface area contributed by atoms with Crippen molar-refractivity contribution in [1.29, 1.82) is 0 Å². The Morgan fingerprint density at radius 2 is 2.37 bits per heavy atom. The number of hydrogen-bond donors (Lipinski definition) is 2. The van der Waals surface area contributed by atoms with Crippen LogP contribution in [-0.4, -0.2) is 35.6 Å². The van der Waals surface area contributed by atoms with Gasteiger partial charge >= 0.3 is 0 Å². The smallest absolute Gasteiger partial charge is 0.242 e. The van der Waals surface area contributed by atoms with Gasteiger partial charge in [-0.1, -0.05) is 6.07 Å². The molecule has 5 nitrogen and oxygen atoms in total. The van der Waals surface area contributed by atoms with Crippen LogP contribution in [0, 0.1) is 0 Å². The largest absolute Gasteiger partial charge is 0.389 e. The van der Waals surface area contributed by atoms with E-state index in [2.05, 4.69) is 10.3 Å². The van der Waals surface area contributed by atoms with E-state index < -0.39 is 6.10 Å². The van der Waals surface area contributed by atoms with Crippen LogP contribution in [0.4, 0.5) is 5.82 Å². The lowest BCUT2D eigenvalue weighted by Gasteiger charge is -2.36. The number of carbonyl (C=O) groups is 1. The Balaban J connectivity index is 2.35. The number of carbonyl (C=O) groups excluding carboxylic acids is 1. The average Bonchev–Trinajstić information content (AvgIpc) is 2.46. The molecule has 0 bridgehead atoms. The molecule has 2 rings (SSSR count). The van der Waals surface area contributed by atoms with E-state index in [1.54, 1.807) is 20.2 Å². The summed E-state index contributed by atoms with van der Waals surface area (Å²) in [6.45, 7) is 2.52. The molecule has 2 heterocycles. The number of aliphatic hydroxyl groups excluding tert-OH is 1. The molecule has 1 aliphatic heterocycles. The van der Waals surface area contributed by atoms with Gasteiger partial charge in [-0.05, 0) is 32.3 Å². The highest BCUT2D eigenvalue weighted by molar-refractivity contribution is 5.85. The fourth-order valence-corrected chi connectivity index (χ4v) is 2.60. The Morgan fingerprint density at radius 1 is 1.58 bits per heavy atom. The maximum atomic E-state index is 12.0. The summed E-state index contributed by atoms with van der Waals surface area (Å²) in [4.78, 5) is 18.4. The Kier molecular flexibility index (Phi) is 4.37. The van der Waals surface area contributed by atoms with Crippen LogP contribution < -0.4 is 10.2 Å². The van der Waals surface area contributed by atoms with Crippen LogP contribution in [0.15, 0.2) is 18.3 Å². The second kappa shape index (κ2) is 6.02. The molecule has 19 heavy (non-hydrogen) atoms. The molecule has 1 aromatic rings. The van der Waals surface area contributed by atoms with Crippen molar-refractivity contribution in [2.45, 2.75) is 38.3 Å². The second-order valence-electron chi connectivity index (χ2n) is 4.91. The van der Waals surface area contributed by atoms with Gasteiger partial charge in [-0.3, -0.25) is 4.79 Å². The van der Waals surface area contributed by atoms with Crippen molar-refractivity contribution in [2.24, 2.45) is 0 Å². The zero-order chi connectivity index (χ0) is 13.8. The predicted molar refractivity (Wildman–Crippen MR) is 73.9 cm³/mol. The fourth-order valence-electron chi connectivity index (χ4n) is 2.60. The molecule has 1 aliphatic rings. The number of amides is 1. The first kappa shape index (κ1) is 13.8. The molecule has 0 aromatic carbocycles. The molecule has 1 unspecified atom stereocenters. The molecule has 0 aliphatic carbocycles. The van der Waals surface area contributed by atoms with Gasteiger partial charge in [0, 0.05) is 25.4 Å². The van der Waals surface area contributed by atoms with Crippen molar-refractivity contribution >= 4 is 11.7 Å². The Bertz CT molecular complexity index is 448. The molecular weight excluding hydrogens is 242 g/mol. The number of anilines is 1. The molecular formula is C14H21N3O2. The molecule has 5 heteroatoms. The van der Waals surface area contributed by atoms with E-state index >= 15 is 0 Å². The highest BCUT2D eigenvalue weighted by Gasteiger charge is 2.30. The topological polar surface area (TPSA) is 65.5 Å². The van der Waals surface area contributed by atoms with Gasteiger partial charge in [0.1, 0.15) is 11.9 Å². The van der Waals surface area contributed by atoms with E-state index in [0.29, 0.717) is 0 Å². The first-order valence-corrected chi connectivity index (χ1v) is 6.76. The van der Waals surface area contributed by atoms with Crippen LogP contribution in [0.2, 0.25) is 0 Å². The summed E-state index contributed by atoms with van der Waals surface area (Å²) >= 11 is 0. The summed E-state index contributed by atoms with van der Waals surface area (Å²) in [6.07, 6.45) is 4.04. The maximum absolute atomic E-state index is 12.0. The van der Waals surface area contributed by atoms with Gasteiger partial charge in [-0.25, -0.2) is 4.98 Å². The molecule has 2 atom stereocenters. The number of aromatic nitrogens is 1. The summed E-state index contributed by atoms with van der Waals surface area (Å²) in [6, 6.07) is 3.48. The van der Waals surface area contributed by atoms with Crippen LogP contribution in [0.25, 0.3) is 0 Å². The zero-order valence-corrected chi connectivity index (χ0v) is 11.5. The molecule has 0 radical (unpaired) electrons. The third-order valence-electron chi connectivity index (χ3n) is 3.59. The molecule has 2 N–H and O–H groups in total. The van der Waals surface area contributed by atoms with E-state index in [-0.39, 0.29) is 11.9 Å². The Hall–Kier alpha value is -1.62. The number of piperidine rings is 1. The summed E-state index contributed by atoms with van der Waals surface area (Å²) in [5.41, 5.74) is 0.776. The van der Waals surface area contributed by atoms with E-state index in [0.717, 1.165) is 37.2 Å². The fraction of sp³-hybridized carbons (Fsp3) is 0.571. The van der Waals surface area contributed by atoms with Gasteiger partial charge in [-0.2, -0.15) is 0 Å². The van der Waals surface area contributed by atoms with Crippen LogP contribution in [0.3, 0.4) is 0 Å². The van der Waals surface area contributed by atoms with Gasteiger partial charge in [0.25, 0.3) is 0 Å². The van der Waals surface area contributed by atoms with Crippen LogP contribution in [-0.2, 0) is 4.79 Å². The standard InChI is InChI=1S/C14H21N3O2/c1-10(18)11-6-5-8-16-13(11)17-9-4-3-7-12(17)14(19)15-2/h5-6,8,10,12,18H,3-4,7,9H2,1-2H3,(H,15,19)/t10-,12?/m0/s1. The van der Waals surface area contributed by atoms with Crippen LogP contribution in [0.1, 0.15) is 37.9 Å². The van der Waals surface area contributed by atoms with Gasteiger partial charge in [0.2, 0.25) is 5.91 Å². The number of rotatable bonds is 3. The molecule has 1 saturated heterocycles. The summed E-state index contributed by atoms with van der Waals surface area (Å²) in [7, 11) is 1.66. The first-order chi connectivity index (χ1) is 9.15. The third-order valence-corrected chi connectivity index (χ3v) is 3.59. The minimum Gasteiger partial charge on any atom is -0.389 e. The molecule has 0 saturated carbocycles. The van der Waals surface area contributed by atoms with Gasteiger partial charge in [0.05, 0.1) is 6.10 Å². The Labute approximate surface area is 113 Å². The maximum Gasteiger partial charge on any atom is 0.242 e. The average molecular weight is 263 g/mol. The predicted octanol–water partition coefficient (Wildman–Crippen LogP) is 1.24. The normalized spacial score (nSPS) is 21.0. The molecule has 1 amide bonds. The van der Waals surface area contributed by atoms with Crippen molar-refractivity contribution in [3.8, 4) is 0 Å². The zero-order valence-electron chi connectivity index (χ0n) is 11.5. The van der Waals surface area contributed by atoms with Gasteiger partial charge in [0.15, 0.2) is 0 Å². The van der Waals surface area contributed by atoms with E-state index in [1.165, 1.54) is 0 Å². The number of likely N-dealkylation sites (N-methyl/N-ethyl adjacent to an activating group) is 1. The van der Waals surface area contributed by atoms with E-state index in [4.69, 9.17) is 0 Å². The molecule has 1 fully saturated rings. The van der Waals surface area contributed by atoms with Gasteiger partial charge < -0.3 is 15.3 Å². The Morgan fingerprint density at radius 3 is 3.05 bits per heavy atom. The monoisotopic (exact) mass is 263 g/mol. The van der Waals surface area contributed by atoms with Crippen molar-refractivity contribution in [2.75, 3.05) is 18.5 Å². The summed E-state index contributed by atoms with van der Waals surface area (Å²) in [5, 5.41) is 12.6. The number of aliphatic hydroxyl groups is 1. The lowest BCUT2D eigenvalue weighted by Crippen LogP contribution is -2.49. The molecule has 1 aromatic heterocycles. The quantitative estimate of drug-likeness (QED) is 0.861. The summed E-state index contributed by atoms with van der Waals surface area (Å²) < 4.78 is 0. The first-order valence-electron chi connectivity index (χ1n) is 6.76. The third kappa shape index (κ3) is 2.87. The van der Waals surface area contributed by atoms with Crippen molar-refractivity contribution in [3.63, 3.8) is 0 Å². The minimum absolute atomic E-state index is 0.0156. The van der Waals surface area contributed by atoms with Gasteiger partial charge in [-0.15, -0.1) is 0 Å². The number of hydrogen-bond acceptors (Lipinski definition) is 4. The second-order valence-corrected chi connectivity index (χ2v) is 4.91. The number of nitrogens with one attached hydrogen (secondary N) is 1. The lowest BCUT2D eigenvalue weighted by molar-refractivity contribution is -0.122. The van der Waals surface area contributed by atoms with E-state index in [9.17, 15) is 9.90 Å². The van der Waals surface area contributed by atoms with Crippen LogP contribution in [0.5, 0.6) is 0 Å². The lowest BCUT2D eigenvalue weighted by atomic mass is 10.00. The van der Waals surface area contributed by atoms with Crippen molar-refractivity contribution in [1.82, 2.24) is 10.3 Å². The highest BCUT2D eigenvalue weighted by Crippen LogP contribution is 2.29. The van der Waals surface area contributed by atoms with Crippen molar-refractivity contribution in [3.05, 3.63) is 23.9 Å².